The van der Waals surface area contributed by atoms with Crippen LogP contribution >= 0.6 is 0 Å². The van der Waals surface area contributed by atoms with Gasteiger partial charge in [-0.25, -0.2) is 4.79 Å². The summed E-state index contributed by atoms with van der Waals surface area (Å²) in [7, 11) is 1.63. The summed E-state index contributed by atoms with van der Waals surface area (Å²) in [6.45, 7) is 0.0391. The second-order valence-corrected chi connectivity index (χ2v) is 9.74. The lowest BCUT2D eigenvalue weighted by Crippen LogP contribution is -2.47. The average Bonchev–Trinajstić information content (AvgIpc) is 3.30. The molecule has 1 aliphatic carbocycles. The van der Waals surface area contributed by atoms with Crippen LogP contribution in [0.4, 0.5) is 4.79 Å². The Labute approximate surface area is 210 Å². The predicted molar refractivity (Wildman–Crippen MR) is 137 cm³/mol. The van der Waals surface area contributed by atoms with Gasteiger partial charge in [-0.1, -0.05) is 56.0 Å². The van der Waals surface area contributed by atoms with Crippen LogP contribution in [0.5, 0.6) is 5.75 Å². The van der Waals surface area contributed by atoms with Gasteiger partial charge < -0.3 is 20.4 Å². The van der Waals surface area contributed by atoms with Crippen molar-refractivity contribution in [2.75, 3.05) is 20.2 Å². The van der Waals surface area contributed by atoms with E-state index in [1.165, 1.54) is 0 Å². The fourth-order valence-electron chi connectivity index (χ4n) is 5.53. The number of carbonyl (C=O) groups excluding carboxylic acids is 3. The molecule has 1 saturated heterocycles. The number of imide groups is 1. The van der Waals surface area contributed by atoms with Crippen molar-refractivity contribution in [3.05, 3.63) is 65.9 Å². The summed E-state index contributed by atoms with van der Waals surface area (Å²) in [5.41, 5.74) is 2.26. The molecule has 5 rings (SSSR count). The summed E-state index contributed by atoms with van der Waals surface area (Å²) in [5.74, 6) is -0.00539. The Morgan fingerprint density at radius 3 is 2.50 bits per heavy atom. The monoisotopic (exact) mass is 488 g/mol. The molecule has 0 bridgehead atoms. The number of methoxy groups -OCH3 is 1. The van der Waals surface area contributed by atoms with Crippen LogP contribution in [-0.2, 0) is 9.59 Å². The molecule has 0 unspecified atom stereocenters. The van der Waals surface area contributed by atoms with Crippen molar-refractivity contribution in [1.29, 1.82) is 0 Å². The molecule has 8 heteroatoms. The van der Waals surface area contributed by atoms with Crippen molar-refractivity contribution in [2.45, 2.75) is 50.0 Å². The number of ether oxygens (including phenoxy) is 1. The van der Waals surface area contributed by atoms with Crippen LogP contribution in [0.2, 0.25) is 0 Å². The molecular formula is C28H32N4O4. The van der Waals surface area contributed by atoms with E-state index in [0.717, 1.165) is 58.4 Å². The molecule has 3 N–H and O–H groups in total. The molecule has 1 spiro atoms. The number of H-pyrrole nitrogens is 1. The molecule has 8 nitrogen and oxygen atoms in total. The van der Waals surface area contributed by atoms with Crippen molar-refractivity contribution in [2.24, 2.45) is 0 Å². The van der Waals surface area contributed by atoms with Crippen LogP contribution < -0.4 is 15.4 Å². The number of urea groups is 1. The van der Waals surface area contributed by atoms with Gasteiger partial charge in [-0.15, -0.1) is 0 Å². The van der Waals surface area contributed by atoms with Gasteiger partial charge in [-0.05, 0) is 42.2 Å². The normalized spacial score (nSPS) is 18.2. The zero-order chi connectivity index (χ0) is 25.1. The van der Waals surface area contributed by atoms with Gasteiger partial charge in [0.15, 0.2) is 0 Å². The maximum Gasteiger partial charge on any atom is 0.325 e. The zero-order valence-electron chi connectivity index (χ0n) is 20.5. The first kappa shape index (κ1) is 23.9. The molecule has 2 aliphatic rings. The van der Waals surface area contributed by atoms with Crippen LogP contribution in [0.25, 0.3) is 10.9 Å². The quantitative estimate of drug-likeness (QED) is 0.436. The first-order valence-electron chi connectivity index (χ1n) is 12.6. The van der Waals surface area contributed by atoms with Gasteiger partial charge in [0.05, 0.1) is 7.11 Å². The SMILES string of the molecule is COc1ccc([C@H](CNC(=O)CN2C(=O)NC3(CCCCCC3)C2=O)c2c[nH]c3ccccc23)cc1. The van der Waals surface area contributed by atoms with E-state index in [0.29, 0.717) is 19.4 Å². The van der Waals surface area contributed by atoms with Gasteiger partial charge in [-0.3, -0.25) is 14.5 Å². The van der Waals surface area contributed by atoms with Crippen LogP contribution in [0.15, 0.2) is 54.7 Å². The molecule has 1 saturated carbocycles. The van der Waals surface area contributed by atoms with E-state index in [1.54, 1.807) is 7.11 Å². The topological polar surface area (TPSA) is 104 Å². The predicted octanol–water partition coefficient (Wildman–Crippen LogP) is 4.07. The Balaban J connectivity index is 1.32. The highest BCUT2D eigenvalue weighted by atomic mass is 16.5. The van der Waals surface area contributed by atoms with E-state index in [-0.39, 0.29) is 24.3 Å². The van der Waals surface area contributed by atoms with Crippen LogP contribution in [0.1, 0.15) is 55.6 Å². The maximum absolute atomic E-state index is 13.2. The Bertz CT molecular complexity index is 1260. The fourth-order valence-corrected chi connectivity index (χ4v) is 5.53. The number of hydrogen-bond donors (Lipinski definition) is 3. The number of para-hydroxylation sites is 1. The first-order chi connectivity index (χ1) is 17.5. The Kier molecular flexibility index (Phi) is 6.67. The number of carbonyl (C=O) groups is 3. The Morgan fingerprint density at radius 1 is 1.06 bits per heavy atom. The summed E-state index contributed by atoms with van der Waals surface area (Å²) >= 11 is 0. The van der Waals surface area contributed by atoms with Gasteiger partial charge in [0.2, 0.25) is 5.91 Å². The largest absolute Gasteiger partial charge is 0.497 e. The number of aromatic nitrogens is 1. The van der Waals surface area contributed by atoms with Crippen LogP contribution in [0.3, 0.4) is 0 Å². The van der Waals surface area contributed by atoms with Crippen molar-refractivity contribution in [3.63, 3.8) is 0 Å². The molecule has 2 aromatic carbocycles. The van der Waals surface area contributed by atoms with E-state index in [9.17, 15) is 14.4 Å². The highest BCUT2D eigenvalue weighted by Gasteiger charge is 2.51. The Hall–Kier alpha value is -3.81. The summed E-state index contributed by atoms with van der Waals surface area (Å²) in [5, 5.41) is 6.96. The van der Waals surface area contributed by atoms with E-state index in [1.807, 2.05) is 48.7 Å². The van der Waals surface area contributed by atoms with Crippen molar-refractivity contribution < 1.29 is 19.1 Å². The molecule has 1 aromatic heterocycles. The lowest BCUT2D eigenvalue weighted by Gasteiger charge is -2.24. The number of fused-ring (bicyclic) bond motifs is 1. The van der Waals surface area contributed by atoms with Crippen LogP contribution in [-0.4, -0.2) is 53.5 Å². The number of amides is 4. The minimum Gasteiger partial charge on any atom is -0.497 e. The standard InChI is InChI=1S/C28H32N4O4/c1-36-20-12-10-19(11-13-20)22(23-17-29-24-9-5-4-8-21(23)24)16-30-25(33)18-32-26(34)28(31-27(32)35)14-6-2-3-7-15-28/h4-5,8-13,17,22,29H,2-3,6-7,14-16,18H2,1H3,(H,30,33)(H,31,35)/t22-/m0/s1. The second-order valence-electron chi connectivity index (χ2n) is 9.74. The molecular weight excluding hydrogens is 456 g/mol. The summed E-state index contributed by atoms with van der Waals surface area (Å²) in [4.78, 5) is 43.2. The highest BCUT2D eigenvalue weighted by Crippen LogP contribution is 2.33. The minimum absolute atomic E-state index is 0.132. The maximum atomic E-state index is 13.2. The van der Waals surface area contributed by atoms with E-state index < -0.39 is 11.6 Å². The van der Waals surface area contributed by atoms with Gasteiger partial charge in [0, 0.05) is 29.6 Å². The van der Waals surface area contributed by atoms with E-state index in [4.69, 9.17) is 4.74 Å². The molecule has 188 valence electrons. The molecule has 1 aliphatic heterocycles. The van der Waals surface area contributed by atoms with Crippen molar-refractivity contribution >= 4 is 28.7 Å². The summed E-state index contributed by atoms with van der Waals surface area (Å²) < 4.78 is 5.31. The molecule has 4 amide bonds. The van der Waals surface area contributed by atoms with Crippen molar-refractivity contribution in [3.8, 4) is 5.75 Å². The smallest absolute Gasteiger partial charge is 0.325 e. The van der Waals surface area contributed by atoms with Gasteiger partial charge >= 0.3 is 6.03 Å². The molecule has 3 aromatic rings. The van der Waals surface area contributed by atoms with Crippen molar-refractivity contribution in [1.82, 2.24) is 20.5 Å². The fraction of sp³-hybridized carbons (Fsp3) is 0.393. The van der Waals surface area contributed by atoms with E-state index >= 15 is 0 Å². The average molecular weight is 489 g/mol. The molecule has 2 heterocycles. The van der Waals surface area contributed by atoms with Gasteiger partial charge in [-0.2, -0.15) is 0 Å². The number of hydrogen-bond acceptors (Lipinski definition) is 4. The number of rotatable bonds is 7. The number of aromatic amines is 1. The number of nitrogens with one attached hydrogen (secondary N) is 3. The van der Waals surface area contributed by atoms with Gasteiger partial charge in [0.1, 0.15) is 17.8 Å². The molecule has 1 atom stereocenters. The molecule has 36 heavy (non-hydrogen) atoms. The minimum atomic E-state index is -0.844. The Morgan fingerprint density at radius 2 is 1.78 bits per heavy atom. The lowest BCUT2D eigenvalue weighted by atomic mass is 9.90. The zero-order valence-corrected chi connectivity index (χ0v) is 20.5. The molecule has 0 radical (unpaired) electrons. The molecule has 2 fully saturated rings. The highest BCUT2D eigenvalue weighted by molar-refractivity contribution is 6.09. The second kappa shape index (κ2) is 10.0. The van der Waals surface area contributed by atoms with Crippen LogP contribution in [0, 0.1) is 0 Å². The van der Waals surface area contributed by atoms with Gasteiger partial charge in [0.25, 0.3) is 5.91 Å². The first-order valence-corrected chi connectivity index (χ1v) is 12.6. The summed E-state index contributed by atoms with van der Waals surface area (Å²) in [6, 6.07) is 15.4. The number of nitrogens with zero attached hydrogens (tertiary/aromatic N) is 1. The number of benzene rings is 2. The third-order valence-electron chi connectivity index (χ3n) is 7.52. The third-order valence-corrected chi connectivity index (χ3v) is 7.52. The van der Waals surface area contributed by atoms with E-state index in [2.05, 4.69) is 21.7 Å². The lowest BCUT2D eigenvalue weighted by molar-refractivity contribution is -0.135. The third kappa shape index (κ3) is 4.55. The summed E-state index contributed by atoms with van der Waals surface area (Å²) in [6.07, 6.45) is 7.17.